The number of fused-ring (bicyclic) bond motifs is 1. The highest BCUT2D eigenvalue weighted by Gasteiger charge is 2.28. The first-order chi connectivity index (χ1) is 13.4. The van der Waals surface area contributed by atoms with Crippen molar-refractivity contribution in [3.63, 3.8) is 0 Å². The van der Waals surface area contributed by atoms with Crippen LogP contribution in [0.15, 0.2) is 30.7 Å². The molecule has 1 unspecified atom stereocenters. The summed E-state index contributed by atoms with van der Waals surface area (Å²) in [6.45, 7) is 0.844. The van der Waals surface area contributed by atoms with Gasteiger partial charge >= 0.3 is 6.09 Å². The van der Waals surface area contributed by atoms with Gasteiger partial charge in [-0.1, -0.05) is 23.2 Å². The van der Waals surface area contributed by atoms with E-state index in [1.54, 1.807) is 6.20 Å². The second-order valence-electron chi connectivity index (χ2n) is 6.41. The normalized spacial score (nSPS) is 16.5. The van der Waals surface area contributed by atoms with Gasteiger partial charge in [-0.15, -0.1) is 0 Å². The molecule has 1 atom stereocenters. The van der Waals surface area contributed by atoms with Gasteiger partial charge < -0.3 is 15.3 Å². The van der Waals surface area contributed by atoms with E-state index in [0.717, 1.165) is 5.69 Å². The monoisotopic (exact) mass is 421 g/mol. The van der Waals surface area contributed by atoms with Gasteiger partial charge in [0.25, 0.3) is 0 Å². The summed E-state index contributed by atoms with van der Waals surface area (Å²) in [6.07, 6.45) is 2.70. The van der Waals surface area contributed by atoms with Gasteiger partial charge in [-0.2, -0.15) is 0 Å². The summed E-state index contributed by atoms with van der Waals surface area (Å²) in [5.41, 5.74) is 1.45. The molecule has 0 saturated carbocycles. The largest absolute Gasteiger partial charge is 0.465 e. The lowest BCUT2D eigenvalue weighted by Crippen LogP contribution is -2.26. The number of amides is 1. The van der Waals surface area contributed by atoms with Crippen LogP contribution < -0.4 is 5.32 Å². The van der Waals surface area contributed by atoms with E-state index < -0.39 is 11.9 Å². The van der Waals surface area contributed by atoms with Gasteiger partial charge in [0.1, 0.15) is 12.1 Å². The highest BCUT2D eigenvalue weighted by atomic mass is 35.5. The molecule has 1 aliphatic heterocycles. The molecule has 1 amide bonds. The lowest BCUT2D eigenvalue weighted by molar-refractivity contribution is 0.155. The summed E-state index contributed by atoms with van der Waals surface area (Å²) in [5.74, 6) is -0.308. The van der Waals surface area contributed by atoms with Crippen molar-refractivity contribution in [1.82, 2.24) is 19.9 Å². The van der Waals surface area contributed by atoms with Gasteiger partial charge in [0.05, 0.1) is 27.4 Å². The van der Waals surface area contributed by atoms with Crippen LogP contribution in [0.4, 0.5) is 20.7 Å². The molecule has 1 aromatic carbocycles. The molecule has 0 radical (unpaired) electrons. The number of pyridine rings is 1. The molecule has 2 N–H and O–H groups in total. The summed E-state index contributed by atoms with van der Waals surface area (Å²) in [5, 5.41) is 12.7. The van der Waals surface area contributed by atoms with Crippen LogP contribution in [0.3, 0.4) is 0 Å². The minimum Gasteiger partial charge on any atom is -0.465 e. The summed E-state index contributed by atoms with van der Waals surface area (Å²) in [6, 6.07) is 4.77. The number of carbonyl (C=O) groups is 1. The van der Waals surface area contributed by atoms with Crippen LogP contribution in [0.2, 0.25) is 10.0 Å². The van der Waals surface area contributed by atoms with E-state index in [0.29, 0.717) is 36.2 Å². The van der Waals surface area contributed by atoms with E-state index in [1.807, 2.05) is 6.07 Å². The third-order valence-electron chi connectivity index (χ3n) is 4.71. The van der Waals surface area contributed by atoms with E-state index in [9.17, 15) is 9.18 Å². The first-order valence-corrected chi connectivity index (χ1v) is 9.18. The fourth-order valence-corrected chi connectivity index (χ4v) is 3.53. The summed E-state index contributed by atoms with van der Waals surface area (Å²) in [4.78, 5) is 25.3. The Morgan fingerprint density at radius 1 is 1.29 bits per heavy atom. The molecule has 7 nitrogen and oxygen atoms in total. The second-order valence-corrected chi connectivity index (χ2v) is 7.20. The van der Waals surface area contributed by atoms with Crippen molar-refractivity contribution in [2.24, 2.45) is 0 Å². The van der Waals surface area contributed by atoms with Crippen molar-refractivity contribution in [3.8, 4) is 0 Å². The van der Waals surface area contributed by atoms with E-state index in [2.05, 4.69) is 20.3 Å². The summed E-state index contributed by atoms with van der Waals surface area (Å²) < 4.78 is 14.4. The standard InChI is InChI=1S/C18H14Cl2FN5O2/c19-11-1-2-12(16(21)15(11)20)25-17-10-5-13(22-6-14(10)23-8-24-17)9-3-4-26(7-9)18(27)28/h1-2,5-6,8-9H,3-4,7H2,(H,27,28)(H,23,24,25). The Hall–Kier alpha value is -2.71. The third kappa shape index (κ3) is 3.41. The summed E-state index contributed by atoms with van der Waals surface area (Å²) >= 11 is 11.7. The smallest absolute Gasteiger partial charge is 0.407 e. The Bertz CT molecular complexity index is 1080. The molecule has 144 valence electrons. The number of hydrogen-bond acceptors (Lipinski definition) is 5. The summed E-state index contributed by atoms with van der Waals surface area (Å²) in [7, 11) is 0. The quantitative estimate of drug-likeness (QED) is 0.596. The lowest BCUT2D eigenvalue weighted by Gasteiger charge is -2.14. The van der Waals surface area contributed by atoms with Crippen molar-refractivity contribution in [3.05, 3.63) is 52.3 Å². The molecule has 1 fully saturated rings. The minimum absolute atomic E-state index is 0.0183. The van der Waals surface area contributed by atoms with E-state index >= 15 is 0 Å². The maximum Gasteiger partial charge on any atom is 0.407 e. The van der Waals surface area contributed by atoms with Gasteiger partial charge in [-0.05, 0) is 24.6 Å². The maximum absolute atomic E-state index is 14.4. The van der Waals surface area contributed by atoms with Crippen LogP contribution in [-0.2, 0) is 0 Å². The Labute approximate surface area is 169 Å². The van der Waals surface area contributed by atoms with Crippen molar-refractivity contribution in [1.29, 1.82) is 0 Å². The Morgan fingerprint density at radius 2 is 2.11 bits per heavy atom. The van der Waals surface area contributed by atoms with Crippen LogP contribution in [-0.4, -0.2) is 44.1 Å². The number of nitrogens with zero attached hydrogens (tertiary/aromatic N) is 4. The third-order valence-corrected chi connectivity index (χ3v) is 5.49. The lowest BCUT2D eigenvalue weighted by atomic mass is 10.0. The number of rotatable bonds is 3. The van der Waals surface area contributed by atoms with Crippen LogP contribution in [0.5, 0.6) is 0 Å². The van der Waals surface area contributed by atoms with Gasteiger partial charge in [0.2, 0.25) is 0 Å². The fourth-order valence-electron chi connectivity index (χ4n) is 3.22. The Morgan fingerprint density at radius 3 is 2.86 bits per heavy atom. The number of likely N-dealkylation sites (tertiary alicyclic amines) is 1. The first-order valence-electron chi connectivity index (χ1n) is 8.43. The predicted molar refractivity (Wildman–Crippen MR) is 104 cm³/mol. The number of aromatic nitrogens is 3. The predicted octanol–water partition coefficient (Wildman–Crippen LogP) is 4.68. The average Bonchev–Trinajstić information content (AvgIpc) is 3.19. The van der Waals surface area contributed by atoms with Crippen LogP contribution in [0, 0.1) is 5.82 Å². The molecule has 1 aliphatic rings. The number of halogens is 3. The molecule has 0 aliphatic carbocycles. The molecule has 0 bridgehead atoms. The number of nitrogens with one attached hydrogen (secondary N) is 1. The molecule has 10 heteroatoms. The van der Waals surface area contributed by atoms with Gasteiger partial charge in [-0.25, -0.2) is 19.2 Å². The number of benzene rings is 1. The van der Waals surface area contributed by atoms with Crippen molar-refractivity contribution in [2.75, 3.05) is 18.4 Å². The van der Waals surface area contributed by atoms with E-state index in [4.69, 9.17) is 28.3 Å². The van der Waals surface area contributed by atoms with Crippen molar-refractivity contribution in [2.45, 2.75) is 12.3 Å². The Kier molecular flexibility index (Phi) is 4.91. The molecule has 28 heavy (non-hydrogen) atoms. The van der Waals surface area contributed by atoms with E-state index in [-0.39, 0.29) is 21.7 Å². The van der Waals surface area contributed by atoms with Gasteiger partial charge in [0, 0.05) is 30.1 Å². The first kappa shape index (κ1) is 18.6. The Balaban J connectivity index is 1.70. The average molecular weight is 422 g/mol. The molecule has 1 saturated heterocycles. The number of anilines is 2. The van der Waals surface area contributed by atoms with Crippen molar-refractivity contribution >= 4 is 51.7 Å². The molecule has 3 heterocycles. The zero-order chi connectivity index (χ0) is 19.8. The second kappa shape index (κ2) is 7.37. The molecule has 3 aromatic rings. The highest BCUT2D eigenvalue weighted by molar-refractivity contribution is 6.42. The maximum atomic E-state index is 14.4. The van der Waals surface area contributed by atoms with Crippen LogP contribution in [0.25, 0.3) is 10.9 Å². The topological polar surface area (TPSA) is 91.2 Å². The van der Waals surface area contributed by atoms with Gasteiger partial charge in [0.15, 0.2) is 5.82 Å². The van der Waals surface area contributed by atoms with Crippen molar-refractivity contribution < 1.29 is 14.3 Å². The molecular weight excluding hydrogens is 408 g/mol. The van der Waals surface area contributed by atoms with Crippen LogP contribution >= 0.6 is 23.2 Å². The molecule has 2 aromatic heterocycles. The highest BCUT2D eigenvalue weighted by Crippen LogP contribution is 2.33. The number of hydrogen-bond donors (Lipinski definition) is 2. The fraction of sp³-hybridized carbons (Fsp3) is 0.222. The minimum atomic E-state index is -0.941. The SMILES string of the molecule is O=C(O)N1CCC(c2cc3c(Nc4ccc(Cl)c(Cl)c4F)ncnc3cn2)C1. The number of carboxylic acid groups (broad SMARTS) is 1. The molecule has 0 spiro atoms. The zero-order valence-electron chi connectivity index (χ0n) is 14.4. The molecular formula is C18H14Cl2FN5O2. The van der Waals surface area contributed by atoms with Crippen LogP contribution in [0.1, 0.15) is 18.0 Å². The zero-order valence-corrected chi connectivity index (χ0v) is 15.9. The van der Waals surface area contributed by atoms with Gasteiger partial charge in [-0.3, -0.25) is 4.98 Å². The molecule has 4 rings (SSSR count). The van der Waals surface area contributed by atoms with E-state index in [1.165, 1.54) is 23.4 Å².